The number of carboxylic acids is 1. The minimum absolute atomic E-state index is 0.0105. The van der Waals surface area contributed by atoms with Gasteiger partial charge in [0.15, 0.2) is 5.82 Å². The zero-order valence-electron chi connectivity index (χ0n) is 11.3. The number of carboxylic acid groups (broad SMARTS) is 1. The van der Waals surface area contributed by atoms with E-state index in [1.807, 2.05) is 0 Å². The summed E-state index contributed by atoms with van der Waals surface area (Å²) in [5.74, 6) is -0.243. The highest BCUT2D eigenvalue weighted by atomic mass is 16.4. The van der Waals surface area contributed by atoms with Crippen LogP contribution in [0.15, 0.2) is 6.33 Å². The first-order valence-electron chi connectivity index (χ1n) is 5.91. The maximum atomic E-state index is 11.7. The van der Waals surface area contributed by atoms with Gasteiger partial charge >= 0.3 is 12.0 Å². The monoisotopic (exact) mass is 269 g/mol. The fraction of sp³-hybridized carbons (Fsp3) is 0.636. The number of rotatable bonds is 6. The molecule has 0 aromatic carbocycles. The maximum Gasteiger partial charge on any atom is 0.315 e. The average molecular weight is 269 g/mol. The summed E-state index contributed by atoms with van der Waals surface area (Å²) in [6, 6.07) is -0.363. The molecule has 8 nitrogen and oxygen atoms in total. The van der Waals surface area contributed by atoms with Gasteiger partial charge in [0.05, 0.1) is 6.54 Å². The van der Waals surface area contributed by atoms with E-state index in [1.54, 1.807) is 31.8 Å². The van der Waals surface area contributed by atoms with Gasteiger partial charge in [0.2, 0.25) is 0 Å². The molecule has 2 amide bonds. The van der Waals surface area contributed by atoms with Gasteiger partial charge in [0.1, 0.15) is 6.33 Å². The van der Waals surface area contributed by atoms with Gasteiger partial charge in [-0.2, -0.15) is 0 Å². The van der Waals surface area contributed by atoms with Gasteiger partial charge in [-0.3, -0.25) is 4.79 Å². The Labute approximate surface area is 111 Å². The molecule has 19 heavy (non-hydrogen) atoms. The highest BCUT2D eigenvalue weighted by Gasteiger charge is 2.21. The molecule has 1 aromatic heterocycles. The molecule has 1 rings (SSSR count). The molecule has 0 saturated heterocycles. The number of urea groups is 1. The largest absolute Gasteiger partial charge is 0.481 e. The van der Waals surface area contributed by atoms with E-state index in [0.29, 0.717) is 12.2 Å². The van der Waals surface area contributed by atoms with Crippen LogP contribution in [0.2, 0.25) is 0 Å². The lowest BCUT2D eigenvalue weighted by Gasteiger charge is -2.25. The van der Waals surface area contributed by atoms with Crippen LogP contribution in [0.25, 0.3) is 0 Å². The molecule has 0 unspecified atom stereocenters. The number of carbonyl (C=O) groups excluding carboxylic acids is 1. The molecule has 0 atom stereocenters. The molecule has 0 radical (unpaired) electrons. The molecule has 0 bridgehead atoms. The van der Waals surface area contributed by atoms with Crippen molar-refractivity contribution in [2.24, 2.45) is 7.05 Å². The number of nitrogens with zero attached hydrogens (tertiary/aromatic N) is 3. The zero-order chi connectivity index (χ0) is 14.5. The first-order chi connectivity index (χ1) is 8.80. The normalized spacial score (nSPS) is 11.1. The van der Waals surface area contributed by atoms with E-state index in [4.69, 9.17) is 5.11 Å². The first-order valence-corrected chi connectivity index (χ1v) is 5.91. The summed E-state index contributed by atoms with van der Waals surface area (Å²) in [4.78, 5) is 22.2. The van der Waals surface area contributed by atoms with E-state index in [9.17, 15) is 9.59 Å². The Hall–Kier alpha value is -2.12. The van der Waals surface area contributed by atoms with Gasteiger partial charge in [-0.25, -0.2) is 4.79 Å². The van der Waals surface area contributed by atoms with E-state index in [-0.39, 0.29) is 19.0 Å². The number of aromatic nitrogens is 3. The van der Waals surface area contributed by atoms with E-state index in [1.165, 1.54) is 0 Å². The predicted molar refractivity (Wildman–Crippen MR) is 67.3 cm³/mol. The SMILES string of the molecule is Cn1cnnc1CNC(=O)NC(C)(C)CCC(=O)O. The van der Waals surface area contributed by atoms with Gasteiger partial charge in [-0.1, -0.05) is 0 Å². The van der Waals surface area contributed by atoms with Crippen LogP contribution in [-0.2, 0) is 18.4 Å². The average Bonchev–Trinajstić information content (AvgIpc) is 2.69. The van der Waals surface area contributed by atoms with Crippen molar-refractivity contribution in [3.05, 3.63) is 12.2 Å². The van der Waals surface area contributed by atoms with E-state index in [0.717, 1.165) is 0 Å². The third-order valence-electron chi connectivity index (χ3n) is 2.63. The van der Waals surface area contributed by atoms with Crippen molar-refractivity contribution < 1.29 is 14.7 Å². The molecule has 0 saturated carbocycles. The summed E-state index contributed by atoms with van der Waals surface area (Å²) in [7, 11) is 1.78. The topological polar surface area (TPSA) is 109 Å². The Balaban J connectivity index is 2.38. The van der Waals surface area contributed by atoms with Gasteiger partial charge in [0, 0.05) is 19.0 Å². The molecule has 0 fully saturated rings. The van der Waals surface area contributed by atoms with Gasteiger partial charge in [0.25, 0.3) is 0 Å². The van der Waals surface area contributed by atoms with Crippen molar-refractivity contribution in [1.29, 1.82) is 0 Å². The fourth-order valence-electron chi connectivity index (χ4n) is 1.46. The van der Waals surface area contributed by atoms with Crippen LogP contribution in [0.3, 0.4) is 0 Å². The minimum atomic E-state index is -0.880. The summed E-state index contributed by atoms with van der Waals surface area (Å²) < 4.78 is 1.70. The van der Waals surface area contributed by atoms with Crippen molar-refractivity contribution in [2.75, 3.05) is 0 Å². The predicted octanol–water partition coefficient (Wildman–Crippen LogP) is 0.258. The number of hydrogen-bond donors (Lipinski definition) is 3. The molecule has 0 spiro atoms. The summed E-state index contributed by atoms with van der Waals surface area (Å²) >= 11 is 0. The highest BCUT2D eigenvalue weighted by molar-refractivity contribution is 5.74. The van der Waals surface area contributed by atoms with Crippen molar-refractivity contribution in [3.8, 4) is 0 Å². The Kier molecular flexibility index (Phi) is 4.85. The maximum absolute atomic E-state index is 11.7. The molecule has 0 aliphatic heterocycles. The summed E-state index contributed by atoms with van der Waals surface area (Å²) in [5, 5.41) is 21.5. The molecule has 8 heteroatoms. The van der Waals surface area contributed by atoms with Crippen LogP contribution < -0.4 is 10.6 Å². The molecule has 1 aromatic rings. The van der Waals surface area contributed by atoms with Crippen molar-refractivity contribution >= 4 is 12.0 Å². The third-order valence-corrected chi connectivity index (χ3v) is 2.63. The Bertz CT molecular complexity index is 455. The number of aliphatic carboxylic acids is 1. The Morgan fingerprint density at radius 2 is 2.16 bits per heavy atom. The Morgan fingerprint density at radius 3 is 2.68 bits per heavy atom. The quantitative estimate of drug-likeness (QED) is 0.686. The summed E-state index contributed by atoms with van der Waals surface area (Å²) in [5.41, 5.74) is -0.581. The highest BCUT2D eigenvalue weighted by Crippen LogP contribution is 2.10. The second-order valence-corrected chi connectivity index (χ2v) is 4.94. The number of hydrogen-bond acceptors (Lipinski definition) is 4. The molecule has 3 N–H and O–H groups in total. The lowest BCUT2D eigenvalue weighted by molar-refractivity contribution is -0.137. The standard InChI is InChI=1S/C11H19N5O3/c1-11(2,5-4-9(17)18)14-10(19)12-6-8-15-13-7-16(8)3/h7H,4-6H2,1-3H3,(H,17,18)(H2,12,14,19). The number of amides is 2. The number of nitrogens with one attached hydrogen (secondary N) is 2. The molecular weight excluding hydrogens is 250 g/mol. The van der Waals surface area contributed by atoms with E-state index in [2.05, 4.69) is 20.8 Å². The van der Waals surface area contributed by atoms with Crippen LogP contribution in [0, 0.1) is 0 Å². The van der Waals surface area contributed by atoms with Crippen LogP contribution >= 0.6 is 0 Å². The fourth-order valence-corrected chi connectivity index (χ4v) is 1.46. The van der Waals surface area contributed by atoms with E-state index < -0.39 is 11.5 Å². The zero-order valence-corrected chi connectivity index (χ0v) is 11.3. The van der Waals surface area contributed by atoms with Crippen molar-refractivity contribution in [1.82, 2.24) is 25.4 Å². The number of carbonyl (C=O) groups is 2. The van der Waals surface area contributed by atoms with Crippen LogP contribution in [-0.4, -0.2) is 37.4 Å². The first kappa shape index (κ1) is 14.9. The molecular formula is C11H19N5O3. The smallest absolute Gasteiger partial charge is 0.315 e. The second kappa shape index (κ2) is 6.17. The van der Waals surface area contributed by atoms with Crippen LogP contribution in [0.1, 0.15) is 32.5 Å². The van der Waals surface area contributed by atoms with Crippen LogP contribution in [0.4, 0.5) is 4.79 Å². The second-order valence-electron chi connectivity index (χ2n) is 4.94. The lowest BCUT2D eigenvalue weighted by Crippen LogP contribution is -2.48. The van der Waals surface area contributed by atoms with Gasteiger partial charge in [-0.05, 0) is 20.3 Å². The van der Waals surface area contributed by atoms with Gasteiger partial charge in [-0.15, -0.1) is 10.2 Å². The van der Waals surface area contributed by atoms with Gasteiger partial charge < -0.3 is 20.3 Å². The van der Waals surface area contributed by atoms with Crippen molar-refractivity contribution in [2.45, 2.75) is 38.8 Å². The minimum Gasteiger partial charge on any atom is -0.481 e. The summed E-state index contributed by atoms with van der Waals surface area (Å²) in [6.45, 7) is 3.81. The molecule has 106 valence electrons. The van der Waals surface area contributed by atoms with Crippen molar-refractivity contribution in [3.63, 3.8) is 0 Å². The molecule has 1 heterocycles. The summed E-state index contributed by atoms with van der Waals surface area (Å²) in [6.07, 6.45) is 1.92. The lowest BCUT2D eigenvalue weighted by atomic mass is 9.99. The Morgan fingerprint density at radius 1 is 1.47 bits per heavy atom. The molecule has 0 aliphatic carbocycles. The number of aryl methyl sites for hydroxylation is 1. The van der Waals surface area contributed by atoms with E-state index >= 15 is 0 Å². The molecule has 0 aliphatic rings. The third kappa shape index (κ3) is 5.36. The van der Waals surface area contributed by atoms with Crippen LogP contribution in [0.5, 0.6) is 0 Å².